The second kappa shape index (κ2) is 6.00. The summed E-state index contributed by atoms with van der Waals surface area (Å²) < 4.78 is 5.73. The first kappa shape index (κ1) is 13.1. The predicted molar refractivity (Wildman–Crippen MR) is 75.7 cm³/mol. The average Bonchev–Trinajstić information content (AvgIpc) is 3.11. The Bertz CT molecular complexity index is 559. The molecular weight excluding hydrogens is 274 g/mol. The van der Waals surface area contributed by atoms with Crippen LogP contribution in [-0.2, 0) is 11.2 Å². The van der Waals surface area contributed by atoms with E-state index in [1.165, 1.54) is 0 Å². The molecule has 1 aliphatic rings. The van der Waals surface area contributed by atoms with Gasteiger partial charge in [0.1, 0.15) is 6.10 Å². The average molecular weight is 289 g/mol. The summed E-state index contributed by atoms with van der Waals surface area (Å²) in [6.45, 7) is 1.37. The molecule has 2 aromatic heterocycles. The van der Waals surface area contributed by atoms with Crippen LogP contribution in [0.3, 0.4) is 0 Å². The summed E-state index contributed by atoms with van der Waals surface area (Å²) in [6.07, 6.45) is 6.14. The van der Waals surface area contributed by atoms with Crippen LogP contribution in [0.1, 0.15) is 11.3 Å². The number of carbonyl (C=O) groups is 1. The summed E-state index contributed by atoms with van der Waals surface area (Å²) in [5, 5.41) is 1.99. The van der Waals surface area contributed by atoms with E-state index in [9.17, 15) is 4.79 Å². The van der Waals surface area contributed by atoms with Crippen LogP contribution in [0.4, 0.5) is 0 Å². The highest BCUT2D eigenvalue weighted by molar-refractivity contribution is 7.10. The molecule has 0 radical (unpaired) electrons. The highest BCUT2D eigenvalue weighted by atomic mass is 32.1. The van der Waals surface area contributed by atoms with E-state index in [1.807, 2.05) is 22.4 Å². The fourth-order valence-electron chi connectivity index (χ4n) is 2.24. The van der Waals surface area contributed by atoms with Crippen LogP contribution in [0.5, 0.6) is 5.88 Å². The highest BCUT2D eigenvalue weighted by Crippen LogP contribution is 2.18. The van der Waals surface area contributed by atoms with Crippen LogP contribution in [0.2, 0.25) is 0 Å². The van der Waals surface area contributed by atoms with Gasteiger partial charge in [-0.05, 0) is 11.4 Å². The molecule has 3 heterocycles. The molecule has 5 nitrogen and oxygen atoms in total. The van der Waals surface area contributed by atoms with Gasteiger partial charge in [0.05, 0.1) is 19.2 Å². The van der Waals surface area contributed by atoms with Crippen molar-refractivity contribution in [2.24, 2.45) is 0 Å². The number of likely N-dealkylation sites (tertiary alicyclic amines) is 1. The molecule has 6 heteroatoms. The van der Waals surface area contributed by atoms with Crippen molar-refractivity contribution in [1.82, 2.24) is 14.9 Å². The van der Waals surface area contributed by atoms with Crippen LogP contribution >= 0.6 is 11.3 Å². The zero-order valence-corrected chi connectivity index (χ0v) is 11.8. The molecule has 0 bridgehead atoms. The summed E-state index contributed by atoms with van der Waals surface area (Å²) in [5.41, 5.74) is 0. The van der Waals surface area contributed by atoms with E-state index in [4.69, 9.17) is 4.74 Å². The lowest BCUT2D eigenvalue weighted by Crippen LogP contribution is -2.32. The molecule has 1 atom stereocenters. The van der Waals surface area contributed by atoms with E-state index in [-0.39, 0.29) is 12.0 Å². The number of hydrogen-bond donors (Lipinski definition) is 0. The number of aromatic nitrogens is 2. The minimum absolute atomic E-state index is 0.0129. The van der Waals surface area contributed by atoms with Gasteiger partial charge in [-0.2, -0.15) is 0 Å². The maximum absolute atomic E-state index is 12.2. The van der Waals surface area contributed by atoms with Crippen LogP contribution in [0.25, 0.3) is 0 Å². The van der Waals surface area contributed by atoms with Crippen molar-refractivity contribution in [2.75, 3.05) is 13.1 Å². The van der Waals surface area contributed by atoms with Crippen molar-refractivity contribution in [3.8, 4) is 5.88 Å². The van der Waals surface area contributed by atoms with Gasteiger partial charge in [-0.1, -0.05) is 6.07 Å². The SMILES string of the molecule is O=C(Cc1cccs1)N1CCC(Oc2cnccn2)C1. The molecule has 1 saturated heterocycles. The first-order valence-electron chi connectivity index (χ1n) is 6.54. The number of nitrogens with zero attached hydrogens (tertiary/aromatic N) is 3. The maximum atomic E-state index is 12.2. The van der Waals surface area contributed by atoms with Gasteiger partial charge < -0.3 is 9.64 Å². The van der Waals surface area contributed by atoms with E-state index >= 15 is 0 Å². The second-order valence-corrected chi connectivity index (χ2v) is 5.70. The molecule has 20 heavy (non-hydrogen) atoms. The van der Waals surface area contributed by atoms with Gasteiger partial charge in [0.2, 0.25) is 11.8 Å². The molecule has 0 N–H and O–H groups in total. The maximum Gasteiger partial charge on any atom is 0.232 e. The van der Waals surface area contributed by atoms with E-state index in [0.717, 1.165) is 17.8 Å². The molecule has 1 aliphatic heterocycles. The lowest BCUT2D eigenvalue weighted by Gasteiger charge is -2.16. The number of carbonyl (C=O) groups excluding carboxylic acids is 1. The molecule has 0 aromatic carbocycles. The number of thiophene rings is 1. The molecule has 1 amide bonds. The number of amides is 1. The topological polar surface area (TPSA) is 55.3 Å². The lowest BCUT2D eigenvalue weighted by atomic mass is 10.3. The molecule has 3 rings (SSSR count). The van der Waals surface area contributed by atoms with Crippen molar-refractivity contribution >= 4 is 17.2 Å². The number of rotatable bonds is 4. The largest absolute Gasteiger partial charge is 0.471 e. The Kier molecular flexibility index (Phi) is 3.92. The molecular formula is C14H15N3O2S. The van der Waals surface area contributed by atoms with Crippen LogP contribution in [-0.4, -0.2) is 40.0 Å². The summed E-state index contributed by atoms with van der Waals surface area (Å²) in [4.78, 5) is 23.2. The fraction of sp³-hybridized carbons (Fsp3) is 0.357. The second-order valence-electron chi connectivity index (χ2n) is 4.67. The summed E-state index contributed by atoms with van der Waals surface area (Å²) in [6, 6.07) is 3.96. The van der Waals surface area contributed by atoms with E-state index in [2.05, 4.69) is 9.97 Å². The van der Waals surface area contributed by atoms with Gasteiger partial charge in [0.25, 0.3) is 0 Å². The molecule has 104 valence electrons. The number of hydrogen-bond acceptors (Lipinski definition) is 5. The van der Waals surface area contributed by atoms with Gasteiger partial charge in [-0.3, -0.25) is 9.78 Å². The number of ether oxygens (including phenoxy) is 1. The van der Waals surface area contributed by atoms with Crippen molar-refractivity contribution in [3.05, 3.63) is 41.0 Å². The van der Waals surface area contributed by atoms with Gasteiger partial charge in [-0.15, -0.1) is 11.3 Å². The Morgan fingerprint density at radius 1 is 1.50 bits per heavy atom. The lowest BCUT2D eigenvalue weighted by molar-refractivity contribution is -0.129. The van der Waals surface area contributed by atoms with Gasteiger partial charge in [-0.25, -0.2) is 4.98 Å². The first-order valence-corrected chi connectivity index (χ1v) is 7.42. The van der Waals surface area contributed by atoms with Crippen molar-refractivity contribution in [2.45, 2.75) is 18.9 Å². The van der Waals surface area contributed by atoms with E-state index in [0.29, 0.717) is 18.8 Å². The van der Waals surface area contributed by atoms with E-state index in [1.54, 1.807) is 29.9 Å². The Labute approximate surface area is 121 Å². The summed E-state index contributed by atoms with van der Waals surface area (Å²) >= 11 is 1.62. The molecule has 2 aromatic rings. The summed E-state index contributed by atoms with van der Waals surface area (Å²) in [7, 11) is 0. The molecule has 0 saturated carbocycles. The van der Waals surface area contributed by atoms with Crippen LogP contribution in [0.15, 0.2) is 36.1 Å². The van der Waals surface area contributed by atoms with Gasteiger partial charge in [0, 0.05) is 30.2 Å². The van der Waals surface area contributed by atoms with Crippen LogP contribution < -0.4 is 4.74 Å². The minimum atomic E-state index is 0.0129. The molecule has 1 unspecified atom stereocenters. The Morgan fingerprint density at radius 2 is 2.45 bits per heavy atom. The summed E-state index contributed by atoms with van der Waals surface area (Å²) in [5.74, 6) is 0.683. The third kappa shape index (κ3) is 3.14. The van der Waals surface area contributed by atoms with Crippen molar-refractivity contribution in [1.29, 1.82) is 0 Å². The monoisotopic (exact) mass is 289 g/mol. The zero-order chi connectivity index (χ0) is 13.8. The fourth-order valence-corrected chi connectivity index (χ4v) is 2.94. The molecule has 0 spiro atoms. The van der Waals surface area contributed by atoms with Crippen molar-refractivity contribution in [3.63, 3.8) is 0 Å². The predicted octanol–water partition coefficient (Wildman–Crippen LogP) is 1.76. The minimum Gasteiger partial charge on any atom is -0.471 e. The van der Waals surface area contributed by atoms with Crippen LogP contribution in [0, 0.1) is 0 Å². The first-order chi connectivity index (χ1) is 9.81. The quantitative estimate of drug-likeness (QED) is 0.860. The Hall–Kier alpha value is -1.95. The molecule has 0 aliphatic carbocycles. The standard InChI is InChI=1S/C14H15N3O2S/c18-14(8-12-2-1-7-20-12)17-6-3-11(10-17)19-13-9-15-4-5-16-13/h1-2,4-5,7,9,11H,3,6,8,10H2. The van der Waals surface area contributed by atoms with Crippen molar-refractivity contribution < 1.29 is 9.53 Å². The van der Waals surface area contributed by atoms with Gasteiger partial charge >= 0.3 is 0 Å². The van der Waals surface area contributed by atoms with Gasteiger partial charge in [0.15, 0.2) is 0 Å². The third-order valence-corrected chi connectivity index (χ3v) is 4.11. The molecule has 1 fully saturated rings. The van der Waals surface area contributed by atoms with E-state index < -0.39 is 0 Å². The zero-order valence-electron chi connectivity index (χ0n) is 10.9. The smallest absolute Gasteiger partial charge is 0.232 e. The third-order valence-electron chi connectivity index (χ3n) is 3.23. The highest BCUT2D eigenvalue weighted by Gasteiger charge is 2.27. The Morgan fingerprint density at radius 3 is 3.20 bits per heavy atom. The normalized spacial score (nSPS) is 18.2. The Balaban J connectivity index is 1.53.